The maximum atomic E-state index is 13.2. The summed E-state index contributed by atoms with van der Waals surface area (Å²) < 4.78 is 13.2. The summed E-state index contributed by atoms with van der Waals surface area (Å²) in [5, 5.41) is 10.6. The van der Waals surface area contributed by atoms with Crippen molar-refractivity contribution in [3.63, 3.8) is 0 Å². The largest absolute Gasteiger partial charge is 0.336 e. The number of nitro groups is 1. The first-order valence-corrected chi connectivity index (χ1v) is 5.91. The Morgan fingerprint density at radius 3 is 2.53 bits per heavy atom. The molecule has 0 aromatic heterocycles. The van der Waals surface area contributed by atoms with Crippen LogP contribution >= 0.6 is 0 Å². The number of amides is 1. The molecule has 0 bridgehead atoms. The first kappa shape index (κ1) is 13.4. The Hall–Kier alpha value is -2.02. The van der Waals surface area contributed by atoms with Gasteiger partial charge in [-0.15, -0.1) is 0 Å². The highest BCUT2D eigenvalue weighted by Crippen LogP contribution is 2.20. The highest BCUT2D eigenvalue weighted by Gasteiger charge is 2.23. The molecule has 7 heteroatoms. The minimum absolute atomic E-state index is 0.151. The molecule has 6 nitrogen and oxygen atoms in total. The monoisotopic (exact) mass is 267 g/mol. The average molecular weight is 267 g/mol. The van der Waals surface area contributed by atoms with Crippen molar-refractivity contribution in [2.75, 3.05) is 33.2 Å². The van der Waals surface area contributed by atoms with Crippen LogP contribution in [0.25, 0.3) is 0 Å². The number of halogens is 1. The third kappa shape index (κ3) is 2.87. The highest BCUT2D eigenvalue weighted by molar-refractivity contribution is 5.95. The van der Waals surface area contributed by atoms with Crippen LogP contribution in [0.4, 0.5) is 10.1 Å². The molecule has 1 saturated heterocycles. The van der Waals surface area contributed by atoms with Gasteiger partial charge in [0, 0.05) is 37.8 Å². The fourth-order valence-electron chi connectivity index (χ4n) is 1.98. The molecule has 0 aliphatic carbocycles. The lowest BCUT2D eigenvalue weighted by Crippen LogP contribution is -2.47. The molecule has 102 valence electrons. The quantitative estimate of drug-likeness (QED) is 0.595. The van der Waals surface area contributed by atoms with E-state index in [-0.39, 0.29) is 11.5 Å². The summed E-state index contributed by atoms with van der Waals surface area (Å²) in [6, 6.07) is 3.24. The maximum Gasteiger partial charge on any atom is 0.305 e. The molecule has 1 aliphatic heterocycles. The van der Waals surface area contributed by atoms with Crippen LogP contribution in [0.2, 0.25) is 0 Å². The Kier molecular flexibility index (Phi) is 3.75. The van der Waals surface area contributed by atoms with E-state index in [1.54, 1.807) is 4.90 Å². The van der Waals surface area contributed by atoms with Crippen LogP contribution < -0.4 is 0 Å². The van der Waals surface area contributed by atoms with Crippen molar-refractivity contribution in [3.8, 4) is 0 Å². The first-order chi connectivity index (χ1) is 8.99. The number of carbonyl (C=O) groups is 1. The van der Waals surface area contributed by atoms with E-state index in [4.69, 9.17) is 0 Å². The Bertz CT molecular complexity index is 513. The summed E-state index contributed by atoms with van der Waals surface area (Å²) in [6.45, 7) is 2.66. The van der Waals surface area contributed by atoms with Gasteiger partial charge in [-0.1, -0.05) is 0 Å². The second-order valence-corrected chi connectivity index (χ2v) is 4.52. The van der Waals surface area contributed by atoms with Crippen LogP contribution in [0.15, 0.2) is 18.2 Å². The van der Waals surface area contributed by atoms with E-state index >= 15 is 0 Å². The summed E-state index contributed by atoms with van der Waals surface area (Å²) in [5.74, 6) is -1.23. The van der Waals surface area contributed by atoms with Gasteiger partial charge in [0.1, 0.15) is 0 Å². The molecule has 0 atom stereocenters. The molecule has 1 aromatic carbocycles. The van der Waals surface area contributed by atoms with Gasteiger partial charge in [-0.3, -0.25) is 14.9 Å². The predicted molar refractivity (Wildman–Crippen MR) is 66.5 cm³/mol. The van der Waals surface area contributed by atoms with E-state index in [1.807, 2.05) is 7.05 Å². The number of rotatable bonds is 2. The van der Waals surface area contributed by atoms with Crippen molar-refractivity contribution in [1.29, 1.82) is 0 Å². The predicted octanol–water partition coefficient (Wildman–Crippen LogP) is 1.12. The molecule has 1 heterocycles. The Morgan fingerprint density at radius 2 is 1.95 bits per heavy atom. The standard InChI is InChI=1S/C12H14FN3O3/c1-14-4-6-15(7-5-14)12(17)9-2-3-10(13)11(8-9)16(18)19/h2-3,8H,4-7H2,1H3. The van der Waals surface area contributed by atoms with Crippen molar-refractivity contribution in [3.05, 3.63) is 39.7 Å². The third-order valence-corrected chi connectivity index (χ3v) is 3.18. The molecule has 1 amide bonds. The van der Waals surface area contributed by atoms with E-state index in [0.29, 0.717) is 13.1 Å². The van der Waals surface area contributed by atoms with Crippen LogP contribution in [0, 0.1) is 15.9 Å². The number of nitrogens with zero attached hydrogens (tertiary/aromatic N) is 3. The van der Waals surface area contributed by atoms with Gasteiger partial charge in [-0.05, 0) is 19.2 Å². The molecule has 0 spiro atoms. The summed E-state index contributed by atoms with van der Waals surface area (Å²) in [4.78, 5) is 25.7. The minimum Gasteiger partial charge on any atom is -0.336 e. The molecule has 19 heavy (non-hydrogen) atoms. The number of hydrogen-bond acceptors (Lipinski definition) is 4. The summed E-state index contributed by atoms with van der Waals surface area (Å²) in [5.41, 5.74) is -0.516. The number of likely N-dealkylation sites (N-methyl/N-ethyl adjacent to an activating group) is 1. The third-order valence-electron chi connectivity index (χ3n) is 3.18. The average Bonchev–Trinajstić information content (AvgIpc) is 2.39. The summed E-state index contributed by atoms with van der Waals surface area (Å²) in [7, 11) is 1.96. The zero-order chi connectivity index (χ0) is 14.0. The van der Waals surface area contributed by atoms with Gasteiger partial charge in [0.05, 0.1) is 4.92 Å². The van der Waals surface area contributed by atoms with Gasteiger partial charge in [0.15, 0.2) is 0 Å². The zero-order valence-corrected chi connectivity index (χ0v) is 10.5. The first-order valence-electron chi connectivity index (χ1n) is 5.91. The van der Waals surface area contributed by atoms with E-state index in [0.717, 1.165) is 25.2 Å². The van der Waals surface area contributed by atoms with Crippen LogP contribution in [-0.2, 0) is 0 Å². The van der Waals surface area contributed by atoms with Crippen molar-refractivity contribution in [2.45, 2.75) is 0 Å². The summed E-state index contributed by atoms with van der Waals surface area (Å²) >= 11 is 0. The number of nitro benzene ring substituents is 1. The van der Waals surface area contributed by atoms with E-state index in [9.17, 15) is 19.3 Å². The van der Waals surface area contributed by atoms with Gasteiger partial charge < -0.3 is 9.80 Å². The molecular weight excluding hydrogens is 253 g/mol. The molecule has 0 unspecified atom stereocenters. The Morgan fingerprint density at radius 1 is 1.32 bits per heavy atom. The molecule has 0 N–H and O–H groups in total. The fourth-order valence-corrected chi connectivity index (χ4v) is 1.98. The lowest BCUT2D eigenvalue weighted by Gasteiger charge is -2.32. The van der Waals surface area contributed by atoms with E-state index in [1.165, 1.54) is 6.07 Å². The topological polar surface area (TPSA) is 66.7 Å². The van der Waals surface area contributed by atoms with Crippen molar-refractivity contribution in [2.24, 2.45) is 0 Å². The van der Waals surface area contributed by atoms with Crippen LogP contribution in [0.5, 0.6) is 0 Å². The van der Waals surface area contributed by atoms with Gasteiger partial charge in [0.2, 0.25) is 5.82 Å². The van der Waals surface area contributed by atoms with Crippen LogP contribution in [-0.4, -0.2) is 53.9 Å². The maximum absolute atomic E-state index is 13.2. The molecule has 1 aromatic rings. The highest BCUT2D eigenvalue weighted by atomic mass is 19.1. The SMILES string of the molecule is CN1CCN(C(=O)c2ccc(F)c([N+](=O)[O-])c2)CC1. The van der Waals surface area contributed by atoms with Crippen LogP contribution in [0.3, 0.4) is 0 Å². The zero-order valence-electron chi connectivity index (χ0n) is 10.5. The minimum atomic E-state index is -0.931. The smallest absolute Gasteiger partial charge is 0.305 e. The van der Waals surface area contributed by atoms with Crippen LogP contribution in [0.1, 0.15) is 10.4 Å². The van der Waals surface area contributed by atoms with Crippen molar-refractivity contribution < 1.29 is 14.1 Å². The van der Waals surface area contributed by atoms with Gasteiger partial charge >= 0.3 is 5.69 Å². The van der Waals surface area contributed by atoms with Gasteiger partial charge in [0.25, 0.3) is 5.91 Å². The molecule has 2 rings (SSSR count). The molecule has 0 saturated carbocycles. The Balaban J connectivity index is 2.20. The normalized spacial score (nSPS) is 16.4. The lowest BCUT2D eigenvalue weighted by molar-refractivity contribution is -0.387. The second kappa shape index (κ2) is 5.31. The number of piperazine rings is 1. The Labute approximate surface area is 109 Å². The van der Waals surface area contributed by atoms with E-state index < -0.39 is 16.4 Å². The number of carbonyl (C=O) groups excluding carboxylic acids is 1. The molecule has 0 radical (unpaired) electrons. The van der Waals surface area contributed by atoms with Crippen molar-refractivity contribution >= 4 is 11.6 Å². The van der Waals surface area contributed by atoms with E-state index in [2.05, 4.69) is 4.90 Å². The number of hydrogen-bond donors (Lipinski definition) is 0. The molecular formula is C12H14FN3O3. The number of benzene rings is 1. The molecule has 1 fully saturated rings. The lowest BCUT2D eigenvalue weighted by atomic mass is 10.1. The van der Waals surface area contributed by atoms with Gasteiger partial charge in [-0.2, -0.15) is 4.39 Å². The summed E-state index contributed by atoms with van der Waals surface area (Å²) in [6.07, 6.45) is 0. The van der Waals surface area contributed by atoms with Crippen molar-refractivity contribution in [1.82, 2.24) is 9.80 Å². The second-order valence-electron chi connectivity index (χ2n) is 4.52. The molecule has 1 aliphatic rings. The fraction of sp³-hybridized carbons (Fsp3) is 0.417. The van der Waals surface area contributed by atoms with Gasteiger partial charge in [-0.25, -0.2) is 0 Å².